The molecule has 0 bridgehead atoms. The zero-order valence-corrected chi connectivity index (χ0v) is 21.3. The molecule has 2 aromatic carbocycles. The monoisotopic (exact) mass is 494 g/mol. The second kappa shape index (κ2) is 8.62. The highest BCUT2D eigenvalue weighted by atomic mass is 16.5. The molecule has 188 valence electrons. The van der Waals surface area contributed by atoms with E-state index in [0.29, 0.717) is 12.5 Å². The van der Waals surface area contributed by atoms with Gasteiger partial charge in [-0.1, -0.05) is 18.2 Å². The number of aromatic nitrogens is 1. The Bertz CT molecular complexity index is 1430. The molecule has 6 nitrogen and oxygen atoms in total. The zero-order valence-electron chi connectivity index (χ0n) is 21.3. The minimum absolute atomic E-state index is 0.104. The third kappa shape index (κ3) is 4.23. The number of carboxylic acid groups (broad SMARTS) is 1. The van der Waals surface area contributed by atoms with Gasteiger partial charge in [0.2, 0.25) is 5.88 Å². The Balaban J connectivity index is 1.13. The van der Waals surface area contributed by atoms with Gasteiger partial charge in [0.15, 0.2) is 0 Å². The summed E-state index contributed by atoms with van der Waals surface area (Å²) in [5.74, 6) is 0.841. The summed E-state index contributed by atoms with van der Waals surface area (Å²) >= 11 is 0. The molecule has 0 aliphatic heterocycles. The van der Waals surface area contributed by atoms with Gasteiger partial charge < -0.3 is 14.6 Å². The van der Waals surface area contributed by atoms with Gasteiger partial charge in [-0.2, -0.15) is 5.26 Å². The molecule has 3 aliphatic carbocycles. The molecule has 6 rings (SSSR count). The molecule has 37 heavy (non-hydrogen) atoms. The van der Waals surface area contributed by atoms with Crippen LogP contribution in [0.5, 0.6) is 11.6 Å². The SMILES string of the molecule is Cc1cc(O[C@H]2C[C@@](C)(C#N)C2)cc(C)c1-c1cccc(COc2cc3c(cn2)C2C(C3)C2C(=O)O)c1. The molecule has 1 aromatic heterocycles. The Hall–Kier alpha value is -3.85. The fourth-order valence-corrected chi connectivity index (χ4v) is 6.42. The molecule has 1 heterocycles. The van der Waals surface area contributed by atoms with Crippen molar-refractivity contribution in [2.45, 2.75) is 58.7 Å². The van der Waals surface area contributed by atoms with Crippen LogP contribution < -0.4 is 9.47 Å². The van der Waals surface area contributed by atoms with Crippen LogP contribution in [0.2, 0.25) is 0 Å². The van der Waals surface area contributed by atoms with Crippen molar-refractivity contribution in [3.05, 3.63) is 76.5 Å². The second-order valence-corrected chi connectivity index (χ2v) is 11.2. The summed E-state index contributed by atoms with van der Waals surface area (Å²) in [5, 5.41) is 18.6. The largest absolute Gasteiger partial charge is 0.490 e. The quantitative estimate of drug-likeness (QED) is 0.434. The van der Waals surface area contributed by atoms with E-state index < -0.39 is 5.97 Å². The van der Waals surface area contributed by atoms with Gasteiger partial charge in [-0.3, -0.25) is 4.79 Å². The number of benzene rings is 2. The van der Waals surface area contributed by atoms with E-state index >= 15 is 0 Å². The summed E-state index contributed by atoms with van der Waals surface area (Å²) in [4.78, 5) is 15.8. The van der Waals surface area contributed by atoms with E-state index in [2.05, 4.69) is 55.2 Å². The summed E-state index contributed by atoms with van der Waals surface area (Å²) in [6.07, 6.45) is 4.24. The van der Waals surface area contributed by atoms with Gasteiger partial charge in [0.05, 0.1) is 17.4 Å². The topological polar surface area (TPSA) is 92.4 Å². The average Bonchev–Trinajstić information content (AvgIpc) is 3.44. The molecule has 0 radical (unpaired) electrons. The number of aliphatic carboxylic acids is 1. The first-order chi connectivity index (χ1) is 17.7. The summed E-state index contributed by atoms with van der Waals surface area (Å²) in [6, 6.07) is 16.9. The molecule has 0 saturated heterocycles. The minimum atomic E-state index is -0.699. The standard InChI is InChI=1S/C31H30N2O4/c1-17-7-22(37-23-12-31(3,13-23)16-32)8-18(2)27(17)20-6-4-5-19(9-20)15-36-26-11-21-10-24-28(25(21)14-33-26)29(24)30(34)35/h4-9,11,14,23-24,28-29H,10,12-13,15H2,1-3H3,(H,34,35)/t23-,24?,28?,29?,31+. The van der Waals surface area contributed by atoms with E-state index in [0.717, 1.165) is 52.8 Å². The lowest BCUT2D eigenvalue weighted by molar-refractivity contribution is -0.139. The van der Waals surface area contributed by atoms with Crippen molar-refractivity contribution in [2.24, 2.45) is 17.3 Å². The molecule has 3 aliphatic rings. The maximum absolute atomic E-state index is 11.3. The van der Waals surface area contributed by atoms with Crippen LogP contribution in [-0.4, -0.2) is 22.2 Å². The Kier molecular flexibility index (Phi) is 5.49. The minimum Gasteiger partial charge on any atom is -0.490 e. The Morgan fingerprint density at radius 3 is 2.65 bits per heavy atom. The predicted molar refractivity (Wildman–Crippen MR) is 138 cm³/mol. The van der Waals surface area contributed by atoms with Crippen molar-refractivity contribution < 1.29 is 19.4 Å². The number of hydrogen-bond donors (Lipinski definition) is 1. The van der Waals surface area contributed by atoms with Crippen molar-refractivity contribution in [1.82, 2.24) is 4.98 Å². The predicted octanol–water partition coefficient (Wildman–Crippen LogP) is 5.99. The third-order valence-corrected chi connectivity index (χ3v) is 8.31. The summed E-state index contributed by atoms with van der Waals surface area (Å²) < 4.78 is 12.2. The Morgan fingerprint density at radius 2 is 1.95 bits per heavy atom. The first-order valence-electron chi connectivity index (χ1n) is 12.9. The molecule has 6 heteroatoms. The number of nitriles is 1. The van der Waals surface area contributed by atoms with Crippen LogP contribution >= 0.6 is 0 Å². The average molecular weight is 495 g/mol. The Labute approximate surface area is 216 Å². The van der Waals surface area contributed by atoms with Crippen LogP contribution in [0.4, 0.5) is 0 Å². The number of carbonyl (C=O) groups is 1. The molecule has 3 atom stereocenters. The molecule has 0 spiro atoms. The van der Waals surface area contributed by atoms with Gasteiger partial charge in [0.25, 0.3) is 0 Å². The van der Waals surface area contributed by atoms with Crippen LogP contribution in [0.3, 0.4) is 0 Å². The third-order valence-electron chi connectivity index (χ3n) is 8.31. The van der Waals surface area contributed by atoms with Crippen LogP contribution in [0.25, 0.3) is 11.1 Å². The van der Waals surface area contributed by atoms with E-state index in [9.17, 15) is 15.2 Å². The number of aryl methyl sites for hydroxylation is 2. The van der Waals surface area contributed by atoms with Crippen molar-refractivity contribution >= 4 is 5.97 Å². The smallest absolute Gasteiger partial charge is 0.307 e. The highest BCUT2D eigenvalue weighted by molar-refractivity contribution is 5.77. The molecule has 0 amide bonds. The van der Waals surface area contributed by atoms with Crippen molar-refractivity contribution in [3.8, 4) is 28.8 Å². The number of hydrogen-bond acceptors (Lipinski definition) is 5. The van der Waals surface area contributed by atoms with Crippen molar-refractivity contribution in [3.63, 3.8) is 0 Å². The fraction of sp³-hybridized carbons (Fsp3) is 0.387. The van der Waals surface area contributed by atoms with E-state index in [4.69, 9.17) is 9.47 Å². The molecular formula is C31H30N2O4. The van der Waals surface area contributed by atoms with E-state index in [1.54, 1.807) is 6.20 Å². The zero-order chi connectivity index (χ0) is 25.9. The van der Waals surface area contributed by atoms with Crippen LogP contribution in [-0.2, 0) is 17.8 Å². The molecular weight excluding hydrogens is 464 g/mol. The lowest BCUT2D eigenvalue weighted by atomic mass is 9.69. The van der Waals surface area contributed by atoms with E-state index in [-0.39, 0.29) is 29.3 Å². The van der Waals surface area contributed by atoms with Crippen LogP contribution in [0.1, 0.15) is 53.5 Å². The van der Waals surface area contributed by atoms with Crippen LogP contribution in [0.15, 0.2) is 48.7 Å². The number of nitrogens with zero attached hydrogens (tertiary/aromatic N) is 2. The van der Waals surface area contributed by atoms with E-state index in [1.165, 1.54) is 11.1 Å². The van der Waals surface area contributed by atoms with Gasteiger partial charge in [0, 0.05) is 31.0 Å². The molecule has 2 saturated carbocycles. The van der Waals surface area contributed by atoms with E-state index in [1.807, 2.05) is 19.1 Å². The van der Waals surface area contributed by atoms with Gasteiger partial charge in [-0.15, -0.1) is 0 Å². The number of carboxylic acids is 1. The van der Waals surface area contributed by atoms with Gasteiger partial charge in [-0.05, 0) is 90.3 Å². The van der Waals surface area contributed by atoms with Gasteiger partial charge >= 0.3 is 5.97 Å². The Morgan fingerprint density at radius 1 is 1.19 bits per heavy atom. The highest BCUT2D eigenvalue weighted by Crippen LogP contribution is 2.61. The first kappa shape index (κ1) is 23.5. The fourth-order valence-electron chi connectivity index (χ4n) is 6.42. The number of rotatable bonds is 7. The number of fused-ring (bicyclic) bond motifs is 3. The maximum Gasteiger partial charge on any atom is 0.307 e. The summed E-state index contributed by atoms with van der Waals surface area (Å²) in [5.41, 5.74) is 7.65. The van der Waals surface area contributed by atoms with Crippen LogP contribution in [0, 0.1) is 42.4 Å². The lowest BCUT2D eigenvalue weighted by Crippen LogP contribution is -2.41. The second-order valence-electron chi connectivity index (χ2n) is 11.2. The summed E-state index contributed by atoms with van der Waals surface area (Å²) in [6.45, 7) is 6.60. The molecule has 3 aromatic rings. The summed E-state index contributed by atoms with van der Waals surface area (Å²) in [7, 11) is 0. The highest BCUT2D eigenvalue weighted by Gasteiger charge is 2.59. The van der Waals surface area contributed by atoms with Crippen molar-refractivity contribution in [1.29, 1.82) is 5.26 Å². The normalized spacial score (nSPS) is 26.9. The molecule has 1 N–H and O–H groups in total. The lowest BCUT2D eigenvalue weighted by Gasteiger charge is -2.39. The van der Waals surface area contributed by atoms with Gasteiger partial charge in [-0.25, -0.2) is 4.98 Å². The molecule has 3 unspecified atom stereocenters. The van der Waals surface area contributed by atoms with Gasteiger partial charge in [0.1, 0.15) is 18.5 Å². The number of ether oxygens (including phenoxy) is 2. The first-order valence-corrected chi connectivity index (χ1v) is 12.9. The maximum atomic E-state index is 11.3. The number of pyridine rings is 1. The van der Waals surface area contributed by atoms with Crippen molar-refractivity contribution in [2.75, 3.05) is 0 Å². The molecule has 2 fully saturated rings.